The van der Waals surface area contributed by atoms with Gasteiger partial charge < -0.3 is 10.6 Å². The summed E-state index contributed by atoms with van der Waals surface area (Å²) in [5, 5.41) is 0. The fourth-order valence-corrected chi connectivity index (χ4v) is 2.17. The van der Waals surface area contributed by atoms with E-state index < -0.39 is 0 Å². The van der Waals surface area contributed by atoms with Gasteiger partial charge in [-0.1, -0.05) is 18.3 Å². The smallest absolute Gasteiger partial charge is 0.123 e. The molecule has 2 rings (SSSR count). The number of hydrogen-bond acceptors (Lipinski definition) is 2. The highest BCUT2D eigenvalue weighted by atomic mass is 32.1. The van der Waals surface area contributed by atoms with E-state index in [2.05, 4.69) is 4.90 Å². The van der Waals surface area contributed by atoms with E-state index >= 15 is 0 Å². The Balaban J connectivity index is 2.17. The Morgan fingerprint density at radius 1 is 1.20 bits per heavy atom. The number of aryl methyl sites for hydroxylation is 1. The van der Waals surface area contributed by atoms with Crippen LogP contribution >= 0.6 is 12.2 Å². The minimum atomic E-state index is -0.206. The SMILES string of the molecule is Cc1ccc(F)cc1CN(C)c1ccc(C(N)=S)cc1. The molecule has 0 aliphatic carbocycles. The molecule has 0 aromatic heterocycles. The van der Waals surface area contributed by atoms with Gasteiger partial charge in [-0.05, 0) is 54.4 Å². The van der Waals surface area contributed by atoms with Gasteiger partial charge in [-0.2, -0.15) is 0 Å². The second-order valence-electron chi connectivity index (χ2n) is 4.84. The molecule has 4 heteroatoms. The predicted molar refractivity (Wildman–Crippen MR) is 85.6 cm³/mol. The zero-order valence-corrected chi connectivity index (χ0v) is 12.4. The van der Waals surface area contributed by atoms with E-state index in [-0.39, 0.29) is 5.82 Å². The van der Waals surface area contributed by atoms with Crippen molar-refractivity contribution in [3.05, 3.63) is 65.0 Å². The average molecular weight is 288 g/mol. The Morgan fingerprint density at radius 2 is 1.85 bits per heavy atom. The van der Waals surface area contributed by atoms with Crippen molar-refractivity contribution >= 4 is 22.9 Å². The Labute approximate surface area is 124 Å². The summed E-state index contributed by atoms with van der Waals surface area (Å²) in [6.07, 6.45) is 0. The van der Waals surface area contributed by atoms with Gasteiger partial charge in [0.05, 0.1) is 0 Å². The minimum absolute atomic E-state index is 0.206. The predicted octanol–water partition coefficient (Wildman–Crippen LogP) is 3.40. The van der Waals surface area contributed by atoms with Crippen molar-refractivity contribution in [1.82, 2.24) is 0 Å². The van der Waals surface area contributed by atoms with Crippen LogP contribution in [0.1, 0.15) is 16.7 Å². The molecule has 0 unspecified atom stereocenters. The number of halogens is 1. The number of nitrogens with two attached hydrogens (primary N) is 1. The van der Waals surface area contributed by atoms with Crippen LogP contribution < -0.4 is 10.6 Å². The van der Waals surface area contributed by atoms with Gasteiger partial charge in [-0.3, -0.25) is 0 Å². The third-order valence-corrected chi connectivity index (χ3v) is 3.55. The lowest BCUT2D eigenvalue weighted by atomic mass is 10.1. The summed E-state index contributed by atoms with van der Waals surface area (Å²) >= 11 is 4.93. The van der Waals surface area contributed by atoms with Crippen LogP contribution in [0.4, 0.5) is 10.1 Å². The van der Waals surface area contributed by atoms with Crippen molar-refractivity contribution in [2.45, 2.75) is 13.5 Å². The summed E-state index contributed by atoms with van der Waals surface area (Å²) in [5.41, 5.74) is 9.52. The van der Waals surface area contributed by atoms with Gasteiger partial charge in [-0.15, -0.1) is 0 Å². The van der Waals surface area contributed by atoms with E-state index in [1.54, 1.807) is 12.1 Å². The van der Waals surface area contributed by atoms with E-state index in [1.807, 2.05) is 38.2 Å². The molecule has 0 bridgehead atoms. The molecule has 0 heterocycles. The zero-order valence-electron chi connectivity index (χ0n) is 11.6. The number of thiocarbonyl (C=S) groups is 1. The fourth-order valence-electron chi connectivity index (χ4n) is 2.04. The Bertz CT molecular complexity index is 623. The number of benzene rings is 2. The molecule has 2 aromatic carbocycles. The molecule has 2 aromatic rings. The Morgan fingerprint density at radius 3 is 2.45 bits per heavy atom. The fraction of sp³-hybridized carbons (Fsp3) is 0.188. The minimum Gasteiger partial charge on any atom is -0.389 e. The maximum Gasteiger partial charge on any atom is 0.123 e. The maximum absolute atomic E-state index is 13.3. The monoisotopic (exact) mass is 288 g/mol. The Hall–Kier alpha value is -1.94. The van der Waals surface area contributed by atoms with Gasteiger partial charge in [0, 0.05) is 24.8 Å². The van der Waals surface area contributed by atoms with Crippen LogP contribution in [0.3, 0.4) is 0 Å². The molecule has 0 aliphatic rings. The highest BCUT2D eigenvalue weighted by molar-refractivity contribution is 7.80. The van der Waals surface area contributed by atoms with Gasteiger partial charge in [0.15, 0.2) is 0 Å². The molecule has 0 spiro atoms. The number of hydrogen-bond donors (Lipinski definition) is 1. The van der Waals surface area contributed by atoms with Crippen molar-refractivity contribution < 1.29 is 4.39 Å². The largest absolute Gasteiger partial charge is 0.389 e. The molecule has 0 radical (unpaired) electrons. The molecule has 0 amide bonds. The van der Waals surface area contributed by atoms with Gasteiger partial charge in [-0.25, -0.2) is 4.39 Å². The molecule has 0 aliphatic heterocycles. The molecule has 2 nitrogen and oxygen atoms in total. The van der Waals surface area contributed by atoms with Gasteiger partial charge in [0.1, 0.15) is 10.8 Å². The van der Waals surface area contributed by atoms with E-state index in [0.717, 1.165) is 22.4 Å². The third-order valence-electron chi connectivity index (χ3n) is 3.31. The van der Waals surface area contributed by atoms with E-state index in [9.17, 15) is 4.39 Å². The van der Waals surface area contributed by atoms with Gasteiger partial charge in [0.25, 0.3) is 0 Å². The summed E-state index contributed by atoms with van der Waals surface area (Å²) in [7, 11) is 1.97. The van der Waals surface area contributed by atoms with Crippen LogP contribution in [0, 0.1) is 12.7 Å². The maximum atomic E-state index is 13.3. The standard InChI is InChI=1S/C16H17FN2S/c1-11-3-6-14(17)9-13(11)10-19(2)15-7-4-12(5-8-15)16(18)20/h3-9H,10H2,1-2H3,(H2,18,20). The number of rotatable bonds is 4. The zero-order chi connectivity index (χ0) is 14.7. The summed E-state index contributed by atoms with van der Waals surface area (Å²) in [6, 6.07) is 12.6. The molecule has 0 fully saturated rings. The van der Waals surface area contributed by atoms with Crippen molar-refractivity contribution in [3.63, 3.8) is 0 Å². The lowest BCUT2D eigenvalue weighted by Crippen LogP contribution is -2.17. The molecule has 0 saturated heterocycles. The summed E-state index contributed by atoms with van der Waals surface area (Å²) in [4.78, 5) is 2.45. The van der Waals surface area contributed by atoms with Crippen LogP contribution in [0.2, 0.25) is 0 Å². The molecule has 2 N–H and O–H groups in total. The first-order chi connectivity index (χ1) is 9.47. The van der Waals surface area contributed by atoms with Crippen molar-refractivity contribution in [2.75, 3.05) is 11.9 Å². The molecule has 0 saturated carbocycles. The first-order valence-electron chi connectivity index (χ1n) is 6.33. The Kier molecular flexibility index (Phi) is 4.35. The topological polar surface area (TPSA) is 29.3 Å². The number of anilines is 1. The van der Waals surface area contributed by atoms with Gasteiger partial charge >= 0.3 is 0 Å². The normalized spacial score (nSPS) is 10.3. The number of nitrogens with zero attached hydrogens (tertiary/aromatic N) is 1. The van der Waals surface area contributed by atoms with Crippen LogP contribution in [-0.2, 0) is 6.54 Å². The highest BCUT2D eigenvalue weighted by Gasteiger charge is 2.06. The van der Waals surface area contributed by atoms with Crippen LogP contribution in [0.15, 0.2) is 42.5 Å². The van der Waals surface area contributed by atoms with E-state index in [4.69, 9.17) is 18.0 Å². The van der Waals surface area contributed by atoms with Crippen molar-refractivity contribution in [3.8, 4) is 0 Å². The van der Waals surface area contributed by atoms with Crippen LogP contribution in [-0.4, -0.2) is 12.0 Å². The molecular weight excluding hydrogens is 271 g/mol. The second kappa shape index (κ2) is 6.01. The van der Waals surface area contributed by atoms with Gasteiger partial charge in [0.2, 0.25) is 0 Å². The summed E-state index contributed by atoms with van der Waals surface area (Å²) < 4.78 is 13.3. The average Bonchev–Trinajstić information content (AvgIpc) is 2.43. The first kappa shape index (κ1) is 14.5. The quantitative estimate of drug-likeness (QED) is 0.874. The van der Waals surface area contributed by atoms with Crippen LogP contribution in [0.25, 0.3) is 0 Å². The third kappa shape index (κ3) is 3.33. The lowest BCUT2D eigenvalue weighted by molar-refractivity contribution is 0.624. The summed E-state index contributed by atoms with van der Waals surface area (Å²) in [5.74, 6) is -0.206. The molecule has 20 heavy (non-hydrogen) atoms. The molecular formula is C16H17FN2S. The lowest BCUT2D eigenvalue weighted by Gasteiger charge is -2.21. The van der Waals surface area contributed by atoms with Crippen molar-refractivity contribution in [2.24, 2.45) is 5.73 Å². The summed E-state index contributed by atoms with van der Waals surface area (Å²) in [6.45, 7) is 2.63. The molecule has 0 atom stereocenters. The van der Waals surface area contributed by atoms with E-state index in [0.29, 0.717) is 11.5 Å². The highest BCUT2D eigenvalue weighted by Crippen LogP contribution is 2.19. The van der Waals surface area contributed by atoms with E-state index in [1.165, 1.54) is 6.07 Å². The molecule has 104 valence electrons. The first-order valence-corrected chi connectivity index (χ1v) is 6.74. The van der Waals surface area contributed by atoms with Crippen LogP contribution in [0.5, 0.6) is 0 Å². The second-order valence-corrected chi connectivity index (χ2v) is 5.28. The van der Waals surface area contributed by atoms with Crippen molar-refractivity contribution in [1.29, 1.82) is 0 Å².